The van der Waals surface area contributed by atoms with Crippen molar-refractivity contribution in [2.45, 2.75) is 51.0 Å². The van der Waals surface area contributed by atoms with E-state index in [2.05, 4.69) is 0 Å². The molecule has 0 aliphatic heterocycles. The van der Waals surface area contributed by atoms with Crippen LogP contribution in [-0.2, 0) is 9.84 Å². The number of hydrogen-bond acceptors (Lipinski definition) is 3. The highest BCUT2D eigenvalue weighted by molar-refractivity contribution is 7.91. The zero-order valence-corrected chi connectivity index (χ0v) is 10.9. The zero-order chi connectivity index (χ0) is 11.8. The fourth-order valence-corrected chi connectivity index (χ4v) is 4.43. The zero-order valence-electron chi connectivity index (χ0n) is 10.1. The Morgan fingerprint density at radius 3 is 2.62 bits per heavy atom. The van der Waals surface area contributed by atoms with Crippen LogP contribution in [0, 0.1) is 11.8 Å². The first-order valence-electron chi connectivity index (χ1n) is 6.44. The molecular weight excluding hydrogens is 222 g/mol. The van der Waals surface area contributed by atoms with Crippen molar-refractivity contribution in [2.24, 2.45) is 17.6 Å². The van der Waals surface area contributed by atoms with Crippen LogP contribution in [0.2, 0.25) is 0 Å². The van der Waals surface area contributed by atoms with Crippen molar-refractivity contribution in [3.8, 4) is 0 Å². The minimum Gasteiger partial charge on any atom is -0.325 e. The highest BCUT2D eigenvalue weighted by Gasteiger charge is 2.47. The topological polar surface area (TPSA) is 60.2 Å². The summed E-state index contributed by atoms with van der Waals surface area (Å²) in [5.74, 6) is 2.08. The monoisotopic (exact) mass is 245 g/mol. The van der Waals surface area contributed by atoms with E-state index in [1.165, 1.54) is 19.3 Å². The van der Waals surface area contributed by atoms with Gasteiger partial charge in [0.15, 0.2) is 0 Å². The minimum absolute atomic E-state index is 0.0355. The molecule has 0 aromatic carbocycles. The van der Waals surface area contributed by atoms with Gasteiger partial charge in [0.25, 0.3) is 0 Å². The summed E-state index contributed by atoms with van der Waals surface area (Å²) < 4.78 is 22.8. The van der Waals surface area contributed by atoms with E-state index in [9.17, 15) is 8.42 Å². The highest BCUT2D eigenvalue weighted by Crippen LogP contribution is 2.51. The maximum absolute atomic E-state index is 11.4. The molecule has 2 rings (SSSR count). The first kappa shape index (κ1) is 12.4. The van der Waals surface area contributed by atoms with Gasteiger partial charge < -0.3 is 5.73 Å². The van der Waals surface area contributed by atoms with Crippen LogP contribution in [0.5, 0.6) is 0 Å². The SMILES string of the molecule is CCS(=O)(=O)CCCC1(N)CC2CCC1C2. The number of sulfone groups is 1. The van der Waals surface area contributed by atoms with Gasteiger partial charge in [0.2, 0.25) is 0 Å². The molecule has 0 radical (unpaired) electrons. The molecule has 2 bridgehead atoms. The minimum atomic E-state index is -2.81. The summed E-state index contributed by atoms with van der Waals surface area (Å²) in [5.41, 5.74) is 6.38. The molecule has 0 saturated heterocycles. The van der Waals surface area contributed by atoms with Gasteiger partial charge in [0.05, 0.1) is 5.75 Å². The van der Waals surface area contributed by atoms with Crippen molar-refractivity contribution in [2.75, 3.05) is 11.5 Å². The molecule has 2 aliphatic carbocycles. The van der Waals surface area contributed by atoms with E-state index in [-0.39, 0.29) is 11.3 Å². The molecule has 0 heterocycles. The Labute approximate surface area is 98.7 Å². The Hall–Kier alpha value is -0.0900. The van der Waals surface area contributed by atoms with E-state index in [0.717, 1.165) is 25.2 Å². The molecule has 0 aromatic heterocycles. The van der Waals surface area contributed by atoms with E-state index >= 15 is 0 Å². The molecule has 4 heteroatoms. The van der Waals surface area contributed by atoms with Gasteiger partial charge in [-0.1, -0.05) is 13.3 Å². The summed E-state index contributed by atoms with van der Waals surface area (Å²) in [6.07, 6.45) is 6.67. The maximum Gasteiger partial charge on any atom is 0.150 e. The molecule has 2 aliphatic rings. The third kappa shape index (κ3) is 2.43. The molecule has 2 N–H and O–H groups in total. The average Bonchev–Trinajstić information content (AvgIpc) is 2.77. The van der Waals surface area contributed by atoms with Crippen LogP contribution >= 0.6 is 0 Å². The van der Waals surface area contributed by atoms with E-state index in [1.54, 1.807) is 6.92 Å². The lowest BCUT2D eigenvalue weighted by atomic mass is 9.79. The van der Waals surface area contributed by atoms with Crippen LogP contribution in [0.15, 0.2) is 0 Å². The summed E-state index contributed by atoms with van der Waals surface area (Å²) in [4.78, 5) is 0. The summed E-state index contributed by atoms with van der Waals surface area (Å²) in [5, 5.41) is 0. The quantitative estimate of drug-likeness (QED) is 0.802. The van der Waals surface area contributed by atoms with E-state index in [4.69, 9.17) is 5.73 Å². The van der Waals surface area contributed by atoms with Gasteiger partial charge in [-0.2, -0.15) is 0 Å². The van der Waals surface area contributed by atoms with Crippen molar-refractivity contribution >= 4 is 9.84 Å². The number of rotatable bonds is 5. The van der Waals surface area contributed by atoms with Crippen LogP contribution in [-0.4, -0.2) is 25.5 Å². The predicted octanol–water partition coefficient (Wildman–Crippen LogP) is 1.72. The Kier molecular flexibility index (Phi) is 3.32. The Balaban J connectivity index is 1.82. The van der Waals surface area contributed by atoms with Gasteiger partial charge in [0.1, 0.15) is 9.84 Å². The Bertz CT molecular complexity index is 352. The molecule has 3 atom stereocenters. The molecule has 3 unspecified atom stereocenters. The summed E-state index contributed by atoms with van der Waals surface area (Å²) in [7, 11) is -2.81. The normalized spacial score (nSPS) is 38.1. The van der Waals surface area contributed by atoms with Crippen LogP contribution in [0.4, 0.5) is 0 Å². The van der Waals surface area contributed by atoms with Crippen LogP contribution < -0.4 is 5.73 Å². The lowest BCUT2D eigenvalue weighted by molar-refractivity contribution is 0.252. The average molecular weight is 245 g/mol. The standard InChI is InChI=1S/C12H23NO2S/c1-2-16(14,15)7-3-6-12(13)9-10-4-5-11(12)8-10/h10-11H,2-9,13H2,1H3. The fraction of sp³-hybridized carbons (Fsp3) is 1.00. The van der Waals surface area contributed by atoms with Crippen molar-refractivity contribution < 1.29 is 8.42 Å². The maximum atomic E-state index is 11.4. The summed E-state index contributed by atoms with van der Waals surface area (Å²) in [6, 6.07) is 0. The van der Waals surface area contributed by atoms with E-state index in [0.29, 0.717) is 11.7 Å². The molecular formula is C12H23NO2S. The second-order valence-corrected chi connectivity index (χ2v) is 8.13. The molecule has 0 amide bonds. The number of fused-ring (bicyclic) bond motifs is 2. The number of nitrogens with two attached hydrogens (primary N) is 1. The second kappa shape index (κ2) is 4.30. The van der Waals surface area contributed by atoms with Crippen LogP contribution in [0.3, 0.4) is 0 Å². The van der Waals surface area contributed by atoms with Gasteiger partial charge in [-0.05, 0) is 43.9 Å². The predicted molar refractivity (Wildman–Crippen MR) is 65.9 cm³/mol. The van der Waals surface area contributed by atoms with Gasteiger partial charge in [0, 0.05) is 11.3 Å². The molecule has 2 fully saturated rings. The van der Waals surface area contributed by atoms with Gasteiger partial charge in [-0.15, -0.1) is 0 Å². The van der Waals surface area contributed by atoms with Gasteiger partial charge >= 0.3 is 0 Å². The van der Waals surface area contributed by atoms with Crippen molar-refractivity contribution in [3.05, 3.63) is 0 Å². The number of hydrogen-bond donors (Lipinski definition) is 1. The third-order valence-electron chi connectivity index (χ3n) is 4.56. The third-order valence-corrected chi connectivity index (χ3v) is 6.35. The van der Waals surface area contributed by atoms with Gasteiger partial charge in [-0.25, -0.2) is 8.42 Å². The van der Waals surface area contributed by atoms with Crippen molar-refractivity contribution in [1.82, 2.24) is 0 Å². The lowest BCUT2D eigenvalue weighted by Crippen LogP contribution is -2.45. The van der Waals surface area contributed by atoms with Crippen LogP contribution in [0.1, 0.15) is 45.4 Å². The van der Waals surface area contributed by atoms with E-state index < -0.39 is 9.84 Å². The van der Waals surface area contributed by atoms with Gasteiger partial charge in [-0.3, -0.25) is 0 Å². The molecule has 0 spiro atoms. The molecule has 3 nitrogen and oxygen atoms in total. The largest absolute Gasteiger partial charge is 0.325 e. The first-order chi connectivity index (χ1) is 7.45. The first-order valence-corrected chi connectivity index (χ1v) is 8.26. The summed E-state index contributed by atoms with van der Waals surface area (Å²) >= 11 is 0. The lowest BCUT2D eigenvalue weighted by Gasteiger charge is -2.33. The molecule has 0 aromatic rings. The van der Waals surface area contributed by atoms with Crippen molar-refractivity contribution in [1.29, 1.82) is 0 Å². The molecule has 94 valence electrons. The van der Waals surface area contributed by atoms with Crippen molar-refractivity contribution in [3.63, 3.8) is 0 Å². The highest BCUT2D eigenvalue weighted by atomic mass is 32.2. The van der Waals surface area contributed by atoms with E-state index in [1.807, 2.05) is 0 Å². The fourth-order valence-electron chi connectivity index (χ4n) is 3.56. The Morgan fingerprint density at radius 2 is 2.12 bits per heavy atom. The van der Waals surface area contributed by atoms with Crippen LogP contribution in [0.25, 0.3) is 0 Å². The smallest absolute Gasteiger partial charge is 0.150 e. The molecule has 2 saturated carbocycles. The Morgan fingerprint density at radius 1 is 1.38 bits per heavy atom. The summed E-state index contributed by atoms with van der Waals surface area (Å²) in [6.45, 7) is 1.71. The molecule has 16 heavy (non-hydrogen) atoms. The second-order valence-electron chi connectivity index (χ2n) is 5.65.